The van der Waals surface area contributed by atoms with Crippen LogP contribution in [0.3, 0.4) is 0 Å². The number of aromatic nitrogens is 4. The van der Waals surface area contributed by atoms with Gasteiger partial charge in [-0.2, -0.15) is 0 Å². The number of likely N-dealkylation sites (tertiary alicyclic amines) is 1. The predicted octanol–water partition coefficient (Wildman–Crippen LogP) is 9.09. The third-order valence-electron chi connectivity index (χ3n) is 14.1. The standard InChI is InChI=1S/C58H69ClN8O9S/c1-33(39-11-13-42(14-12-39)53-36(4)60-32-76-53)27-48(69)47-28-44(68)30-66(47)56(72)54(58(7,8)9)63-50(71)31-74-26-25-73-23-10-24-75-45-21-17-40(18-22-45)35(3)61-49(70)29-46-55-65-64-38(6)67(55)57-51(34(2)37(5)77-57)52(62-46)41-15-19-43(59)20-16-41/h11-22,32-33,35,44,46-47,54,68H,10,23-31H2,1-9H3,(H,61,70)(H,63,71)/t33-,35-,44-,46+,47+,54-/m1/s1. The van der Waals surface area contributed by atoms with E-state index in [-0.39, 0.29) is 69.3 Å². The number of nitrogens with one attached hydrogen (secondary N) is 2. The van der Waals surface area contributed by atoms with Crippen molar-refractivity contribution in [1.29, 1.82) is 0 Å². The van der Waals surface area contributed by atoms with Gasteiger partial charge in [0.2, 0.25) is 17.7 Å². The Hall–Kier alpha value is -6.57. The van der Waals surface area contributed by atoms with Crippen molar-refractivity contribution >= 4 is 52.2 Å². The number of nitrogens with zero attached hydrogens (tertiary/aromatic N) is 6. The molecular weight excluding hydrogens is 1020 g/mol. The summed E-state index contributed by atoms with van der Waals surface area (Å²) in [7, 11) is 0. The predicted molar refractivity (Wildman–Crippen MR) is 295 cm³/mol. The molecule has 2 aliphatic rings. The number of rotatable bonds is 22. The molecule has 3 amide bonds. The lowest BCUT2D eigenvalue weighted by Gasteiger charge is -2.35. The lowest BCUT2D eigenvalue weighted by Crippen LogP contribution is -2.57. The minimum absolute atomic E-state index is 0.0000526. The van der Waals surface area contributed by atoms with Crippen LogP contribution in [0.1, 0.15) is 128 Å². The summed E-state index contributed by atoms with van der Waals surface area (Å²) in [4.78, 5) is 66.7. The number of fused-ring (bicyclic) bond motifs is 3. The van der Waals surface area contributed by atoms with Gasteiger partial charge >= 0.3 is 0 Å². The van der Waals surface area contributed by atoms with Crippen molar-refractivity contribution in [3.63, 3.8) is 0 Å². The van der Waals surface area contributed by atoms with Crippen LogP contribution in [0.2, 0.25) is 5.02 Å². The number of ether oxygens (including phenoxy) is 3. The van der Waals surface area contributed by atoms with Crippen LogP contribution in [0.5, 0.6) is 5.75 Å². The highest BCUT2D eigenvalue weighted by molar-refractivity contribution is 7.15. The van der Waals surface area contributed by atoms with Gasteiger partial charge in [-0.3, -0.25) is 28.7 Å². The third-order valence-corrected chi connectivity index (χ3v) is 15.6. The fraction of sp³-hybridized carbons (Fsp3) is 0.448. The number of hydrogen-bond acceptors (Lipinski definition) is 14. The molecule has 0 bridgehead atoms. The van der Waals surface area contributed by atoms with E-state index in [1.54, 1.807) is 11.3 Å². The Kier molecular flexibility index (Phi) is 18.3. The van der Waals surface area contributed by atoms with E-state index in [4.69, 9.17) is 35.2 Å². The number of carbonyl (C=O) groups is 4. The first-order chi connectivity index (χ1) is 36.8. The zero-order valence-corrected chi connectivity index (χ0v) is 46.8. The number of ketones is 1. The van der Waals surface area contributed by atoms with Crippen LogP contribution < -0.4 is 15.4 Å². The van der Waals surface area contributed by atoms with E-state index in [9.17, 15) is 24.3 Å². The number of aryl methyl sites for hydroxylation is 3. The van der Waals surface area contributed by atoms with Gasteiger partial charge in [0, 0.05) is 59.0 Å². The Morgan fingerprint density at radius 1 is 0.857 bits per heavy atom. The average Bonchev–Trinajstić information content (AvgIpc) is 4.21. The molecule has 0 unspecified atom stereocenters. The normalized spacial score (nSPS) is 17.4. The van der Waals surface area contributed by atoms with E-state index in [0.717, 1.165) is 55.6 Å². The molecule has 77 heavy (non-hydrogen) atoms. The molecule has 5 heterocycles. The van der Waals surface area contributed by atoms with E-state index in [2.05, 4.69) is 39.7 Å². The highest BCUT2D eigenvalue weighted by atomic mass is 35.5. The largest absolute Gasteiger partial charge is 0.494 e. The van der Waals surface area contributed by atoms with Crippen LogP contribution in [0.4, 0.5) is 0 Å². The maximum absolute atomic E-state index is 14.1. The number of aliphatic imine (C=N–C) groups is 1. The average molecular weight is 1090 g/mol. The van der Waals surface area contributed by atoms with Gasteiger partial charge in [-0.1, -0.05) is 87.8 Å². The summed E-state index contributed by atoms with van der Waals surface area (Å²) in [6.45, 7) is 18.3. The summed E-state index contributed by atoms with van der Waals surface area (Å²) in [6.07, 6.45) is 1.53. The molecule has 3 aromatic heterocycles. The zero-order valence-electron chi connectivity index (χ0n) is 45.2. The van der Waals surface area contributed by atoms with E-state index in [1.165, 1.54) is 16.2 Å². The minimum Gasteiger partial charge on any atom is -0.494 e. The smallest absolute Gasteiger partial charge is 0.246 e. The molecule has 3 aromatic carbocycles. The number of halogens is 1. The number of aliphatic hydroxyl groups is 1. The van der Waals surface area contributed by atoms with Crippen molar-refractivity contribution in [3.8, 4) is 22.1 Å². The number of hydrogen-bond donors (Lipinski definition) is 3. The third kappa shape index (κ3) is 13.6. The molecular formula is C58H69ClN8O9S. The molecule has 2 aliphatic heterocycles. The number of amides is 3. The number of β-amino-alcohol motifs (C(OH)–C–C–N with tert-alkyl or cyclic N) is 1. The summed E-state index contributed by atoms with van der Waals surface area (Å²) in [6, 6.07) is 20.3. The highest BCUT2D eigenvalue weighted by Gasteiger charge is 2.44. The molecule has 0 saturated carbocycles. The summed E-state index contributed by atoms with van der Waals surface area (Å²) in [5.41, 5.74) is 6.66. The summed E-state index contributed by atoms with van der Waals surface area (Å²) >= 11 is 7.93. The fourth-order valence-corrected chi connectivity index (χ4v) is 11.1. The molecule has 17 nitrogen and oxygen atoms in total. The van der Waals surface area contributed by atoms with Crippen molar-refractivity contribution in [2.24, 2.45) is 10.4 Å². The molecule has 3 N–H and O–H groups in total. The highest BCUT2D eigenvalue weighted by Crippen LogP contribution is 2.40. The molecule has 8 rings (SSSR count). The maximum Gasteiger partial charge on any atom is 0.246 e. The van der Waals surface area contributed by atoms with Gasteiger partial charge in [-0.05, 0) is 86.9 Å². The number of benzene rings is 3. The van der Waals surface area contributed by atoms with E-state index < -0.39 is 41.5 Å². The summed E-state index contributed by atoms with van der Waals surface area (Å²) in [5, 5.41) is 27.2. The molecule has 0 spiro atoms. The number of oxazole rings is 1. The second-order valence-electron chi connectivity index (χ2n) is 21.1. The van der Waals surface area contributed by atoms with Gasteiger partial charge in [-0.25, -0.2) is 4.98 Å². The van der Waals surface area contributed by atoms with Crippen LogP contribution in [-0.4, -0.2) is 117 Å². The lowest BCUT2D eigenvalue weighted by molar-refractivity contribution is -0.144. The Balaban J connectivity index is 0.739. The first-order valence-electron chi connectivity index (χ1n) is 26.1. The van der Waals surface area contributed by atoms with E-state index in [1.807, 2.05) is 126 Å². The first kappa shape index (κ1) is 56.6. The molecule has 1 fully saturated rings. The maximum atomic E-state index is 14.1. The minimum atomic E-state index is -0.964. The number of Topliss-reactive ketones (excluding diaryl/α,β-unsaturated/α-hetero) is 1. The van der Waals surface area contributed by atoms with E-state index in [0.29, 0.717) is 42.0 Å². The van der Waals surface area contributed by atoms with Gasteiger partial charge < -0.3 is 39.3 Å². The Bertz CT molecular complexity index is 3070. The molecule has 6 aromatic rings. The van der Waals surface area contributed by atoms with Crippen LogP contribution in [0.15, 0.2) is 88.6 Å². The molecule has 0 radical (unpaired) electrons. The Labute approximate surface area is 458 Å². The quantitative estimate of drug-likeness (QED) is 0.0544. The number of carbonyl (C=O) groups excluding carboxylic acids is 4. The summed E-state index contributed by atoms with van der Waals surface area (Å²) in [5.74, 6) is 1.35. The molecule has 6 atom stereocenters. The van der Waals surface area contributed by atoms with Crippen molar-refractivity contribution in [2.45, 2.75) is 124 Å². The fourth-order valence-electron chi connectivity index (χ4n) is 9.76. The monoisotopic (exact) mass is 1090 g/mol. The Morgan fingerprint density at radius 2 is 1.55 bits per heavy atom. The van der Waals surface area contributed by atoms with Crippen LogP contribution >= 0.6 is 22.9 Å². The second kappa shape index (κ2) is 24.8. The van der Waals surface area contributed by atoms with Crippen molar-refractivity contribution in [1.82, 2.24) is 35.3 Å². The lowest BCUT2D eigenvalue weighted by atomic mass is 9.85. The van der Waals surface area contributed by atoms with E-state index >= 15 is 0 Å². The van der Waals surface area contributed by atoms with Gasteiger partial charge in [-0.15, -0.1) is 21.5 Å². The molecule has 0 aliphatic carbocycles. The molecule has 1 saturated heterocycles. The molecule has 408 valence electrons. The van der Waals surface area contributed by atoms with Crippen molar-refractivity contribution in [3.05, 3.63) is 134 Å². The Morgan fingerprint density at radius 3 is 2.23 bits per heavy atom. The molecule has 19 heteroatoms. The van der Waals surface area contributed by atoms with Gasteiger partial charge in [0.05, 0.1) is 55.8 Å². The topological polar surface area (TPSA) is 213 Å². The second-order valence-corrected chi connectivity index (χ2v) is 22.7. The van der Waals surface area contributed by atoms with Gasteiger partial charge in [0.25, 0.3) is 0 Å². The van der Waals surface area contributed by atoms with Crippen molar-refractivity contribution < 1.29 is 42.9 Å². The van der Waals surface area contributed by atoms with Gasteiger partial charge in [0.1, 0.15) is 35.3 Å². The number of thiophene rings is 1. The zero-order chi connectivity index (χ0) is 55.1. The van der Waals surface area contributed by atoms with Crippen LogP contribution in [0, 0.1) is 33.1 Å². The number of aliphatic hydroxyl groups excluding tert-OH is 1. The van der Waals surface area contributed by atoms with Crippen LogP contribution in [0.25, 0.3) is 16.3 Å². The first-order valence-corrected chi connectivity index (χ1v) is 27.3. The van der Waals surface area contributed by atoms with Crippen molar-refractivity contribution in [2.75, 3.05) is 39.6 Å². The van der Waals surface area contributed by atoms with Gasteiger partial charge in [0.15, 0.2) is 23.8 Å². The van der Waals surface area contributed by atoms with Crippen LogP contribution in [-0.2, 0) is 28.7 Å². The summed E-state index contributed by atoms with van der Waals surface area (Å²) < 4.78 is 24.8. The SMILES string of the molecule is Cc1ncoc1-c1ccc([C@H](C)CC(=O)[C@@H]2C[C@@H](O)CN2C(=O)[C@@H](NC(=O)COCCOCCCOc2ccc([C@@H](C)NC(=O)C[C@@H]3N=C(c4ccc(Cl)cc4)c4c(sc(C)c4C)-n4c(C)nnc43)cc2)C(C)(C)C)cc1.